The molecule has 0 amide bonds. The molecule has 15 nitrogen and oxygen atoms in total. The van der Waals surface area contributed by atoms with E-state index in [1.807, 2.05) is 0 Å². The molecule has 1 fully saturated rings. The van der Waals surface area contributed by atoms with E-state index in [4.69, 9.17) is 5.11 Å². The molecule has 25 heavy (non-hydrogen) atoms. The summed E-state index contributed by atoms with van der Waals surface area (Å²) in [5, 5.41) is 38.0. The van der Waals surface area contributed by atoms with Gasteiger partial charge in [-0.3, -0.25) is 0 Å². The number of phosphoric acid groups is 1. The van der Waals surface area contributed by atoms with Crippen LogP contribution in [0, 0.1) is 0 Å². The third-order valence-electron chi connectivity index (χ3n) is 2.03. The van der Waals surface area contributed by atoms with E-state index in [1.54, 1.807) is 0 Å². The van der Waals surface area contributed by atoms with Gasteiger partial charge in [-0.2, -0.15) is 0 Å². The van der Waals surface area contributed by atoms with E-state index in [2.05, 4.69) is 9.26 Å². The second kappa shape index (κ2) is 22.8. The molecule has 0 unspecified atom stereocenters. The van der Waals surface area contributed by atoms with Crippen molar-refractivity contribution in [1.82, 2.24) is 0 Å². The number of phosphoric ester groups is 1. The van der Waals surface area contributed by atoms with Gasteiger partial charge >= 0.3 is 154 Å². The molecular weight excluding hydrogens is 460 g/mol. The van der Waals surface area contributed by atoms with Crippen LogP contribution in [0.4, 0.5) is 0 Å². The monoisotopic (exact) mass is 478 g/mol. The van der Waals surface area contributed by atoms with Gasteiger partial charge in [0.2, 0.25) is 0 Å². The Balaban J connectivity index is -0.0000000602. The van der Waals surface area contributed by atoms with Crippen LogP contribution in [-0.4, -0.2) is 79.4 Å². The molecule has 13 N–H and O–H groups in total. The minimum absolute atomic E-state index is 0. The summed E-state index contributed by atoms with van der Waals surface area (Å²) in [4.78, 5) is 31.0. The molecule has 1 heterocycles. The number of carboxylic acids is 1. The number of aliphatic hydroxyl groups excluding tert-OH is 3. The van der Waals surface area contributed by atoms with E-state index in [9.17, 15) is 34.5 Å². The van der Waals surface area contributed by atoms with Crippen LogP contribution in [-0.2, 0) is 18.6 Å². The molecule has 1 rings (SSSR count). The SMILES string of the molecule is O.O.O.O.O.O=C([O-])[C@H]1O[C@H](OP(=O)([O-])[O-])[C@H](O)[C@@H](O)[C@@H]1O.[K+].[K+].[K+]. The Bertz CT molecular complexity index is 354. The number of ether oxygens (including phenoxy) is 1. The van der Waals surface area contributed by atoms with Crippen molar-refractivity contribution in [3.05, 3.63) is 0 Å². The topological polar surface area (TPSA) is 340 Å². The molecule has 0 bridgehead atoms. The Hall–Kier alpha value is 4.13. The molecule has 0 aromatic rings. The predicted molar refractivity (Wildman–Crippen MR) is 58.4 cm³/mol. The molecule has 1 aliphatic heterocycles. The van der Waals surface area contributed by atoms with E-state index in [0.717, 1.165) is 0 Å². The van der Waals surface area contributed by atoms with Gasteiger partial charge in [0.1, 0.15) is 24.4 Å². The van der Waals surface area contributed by atoms with Crippen molar-refractivity contribution in [2.45, 2.75) is 30.7 Å². The summed E-state index contributed by atoms with van der Waals surface area (Å²) >= 11 is 0. The first-order valence-corrected chi connectivity index (χ1v) is 5.70. The summed E-state index contributed by atoms with van der Waals surface area (Å²) in [5.41, 5.74) is 0. The third-order valence-corrected chi connectivity index (χ3v) is 2.50. The number of hydrogen-bond acceptors (Lipinski definition) is 10. The standard InChI is InChI=1S/C6H11O10P.3K.5H2O/c7-1-2(8)4(5(10)11)15-6(3(1)9)16-17(12,13)14;;;;;;;;/h1-4,6-9H,(H,10,11)(H2,12,13,14);;;;5*1H2/q;3*+1;;;;;/p-3/t1-,2-,3+,4-,6+;;;;;;;;/m0......../s1. The van der Waals surface area contributed by atoms with Crippen LogP contribution in [0.25, 0.3) is 0 Å². The Morgan fingerprint density at radius 3 is 1.52 bits per heavy atom. The van der Waals surface area contributed by atoms with Crippen molar-refractivity contribution in [2.75, 3.05) is 0 Å². The fourth-order valence-corrected chi connectivity index (χ4v) is 1.69. The van der Waals surface area contributed by atoms with Crippen LogP contribution < -0.4 is 169 Å². The first kappa shape index (κ1) is 51.6. The number of aliphatic hydroxyl groups is 3. The van der Waals surface area contributed by atoms with Gasteiger partial charge in [-0.05, 0) is 0 Å². The van der Waals surface area contributed by atoms with Gasteiger partial charge in [0, 0.05) is 0 Å². The molecular formula is C6H18K3O15P. The maximum atomic E-state index is 10.5. The first-order valence-electron chi connectivity index (χ1n) is 4.24. The van der Waals surface area contributed by atoms with E-state index < -0.39 is 44.5 Å². The molecule has 1 saturated heterocycles. The molecule has 5 atom stereocenters. The number of carbonyl (C=O) groups excluding carboxylic acids is 1. The van der Waals surface area contributed by atoms with Gasteiger partial charge in [-0.1, -0.05) is 0 Å². The zero-order chi connectivity index (χ0) is 13.4. The number of carbonyl (C=O) groups is 1. The molecule has 0 radical (unpaired) electrons. The molecule has 0 spiro atoms. The molecule has 19 heteroatoms. The van der Waals surface area contributed by atoms with Gasteiger partial charge in [-0.15, -0.1) is 0 Å². The number of aliphatic carboxylic acids is 1. The number of carboxylic acid groups (broad SMARTS) is 1. The second-order valence-corrected chi connectivity index (χ2v) is 4.37. The van der Waals surface area contributed by atoms with Crippen molar-refractivity contribution >= 4 is 13.8 Å². The quantitative estimate of drug-likeness (QED) is 0.254. The van der Waals surface area contributed by atoms with Gasteiger partial charge in [0.05, 0.1) is 13.8 Å². The van der Waals surface area contributed by atoms with Gasteiger partial charge in [0.25, 0.3) is 0 Å². The maximum Gasteiger partial charge on any atom is 1.00 e. The van der Waals surface area contributed by atoms with Crippen molar-refractivity contribution in [3.8, 4) is 0 Å². The Morgan fingerprint density at radius 2 is 1.24 bits per heavy atom. The summed E-state index contributed by atoms with van der Waals surface area (Å²) in [6, 6.07) is 0. The van der Waals surface area contributed by atoms with Crippen LogP contribution in [0.1, 0.15) is 0 Å². The average Bonchev–Trinajstić information content (AvgIpc) is 2.16. The summed E-state index contributed by atoms with van der Waals surface area (Å²) in [5.74, 6) is -1.97. The van der Waals surface area contributed by atoms with Gasteiger partial charge < -0.3 is 76.2 Å². The Morgan fingerprint density at radius 1 is 0.880 bits per heavy atom. The number of hydrogen-bond donors (Lipinski definition) is 3. The fraction of sp³-hybridized carbons (Fsp3) is 0.833. The molecule has 0 saturated carbocycles. The Kier molecular flexibility index (Phi) is 47.1. The summed E-state index contributed by atoms with van der Waals surface area (Å²) in [7, 11) is -5.57. The van der Waals surface area contributed by atoms with Crippen molar-refractivity contribution in [1.29, 1.82) is 0 Å². The minimum Gasteiger partial charge on any atom is -0.790 e. The van der Waals surface area contributed by atoms with E-state index >= 15 is 0 Å². The zero-order valence-corrected chi connectivity index (χ0v) is 23.8. The van der Waals surface area contributed by atoms with Crippen LogP contribution in [0.2, 0.25) is 0 Å². The normalized spacial score (nSPS) is 26.5. The third kappa shape index (κ3) is 17.5. The largest absolute Gasteiger partial charge is 1.00 e. The average molecular weight is 478 g/mol. The molecule has 0 aliphatic carbocycles. The van der Waals surface area contributed by atoms with Crippen LogP contribution in [0.3, 0.4) is 0 Å². The molecule has 1 aliphatic rings. The van der Waals surface area contributed by atoms with Crippen LogP contribution in [0.15, 0.2) is 0 Å². The predicted octanol–water partition coefficient (Wildman–Crippen LogP) is -18.7. The Labute approximate surface area is 268 Å². The van der Waals surface area contributed by atoms with Crippen molar-refractivity contribution < 1.29 is 230 Å². The maximum absolute atomic E-state index is 10.5. The first-order chi connectivity index (χ1) is 7.63. The van der Waals surface area contributed by atoms with Gasteiger partial charge in [-0.25, -0.2) is 0 Å². The summed E-state index contributed by atoms with van der Waals surface area (Å²) < 4.78 is 18.3. The van der Waals surface area contributed by atoms with E-state index in [1.165, 1.54) is 0 Å². The minimum atomic E-state index is -5.57. The molecule has 0 aromatic carbocycles. The summed E-state index contributed by atoms with van der Waals surface area (Å²) in [6.07, 6.45) is -10.6. The van der Waals surface area contributed by atoms with Crippen LogP contribution in [0.5, 0.6) is 0 Å². The van der Waals surface area contributed by atoms with Crippen molar-refractivity contribution in [3.63, 3.8) is 0 Å². The molecule has 140 valence electrons. The zero-order valence-electron chi connectivity index (χ0n) is 13.5. The van der Waals surface area contributed by atoms with Gasteiger partial charge in [0.15, 0.2) is 6.29 Å². The summed E-state index contributed by atoms with van der Waals surface area (Å²) in [6.45, 7) is 0. The van der Waals surface area contributed by atoms with E-state index in [-0.39, 0.29) is 182 Å². The second-order valence-electron chi connectivity index (χ2n) is 3.27. The molecule has 0 aromatic heterocycles. The van der Waals surface area contributed by atoms with Crippen LogP contribution >= 0.6 is 7.82 Å². The smallest absolute Gasteiger partial charge is 0.790 e. The van der Waals surface area contributed by atoms with Crippen molar-refractivity contribution in [2.24, 2.45) is 0 Å². The van der Waals surface area contributed by atoms with E-state index in [0.29, 0.717) is 0 Å². The number of rotatable bonds is 3. The fourth-order valence-electron chi connectivity index (χ4n) is 1.26.